The summed E-state index contributed by atoms with van der Waals surface area (Å²) in [5.41, 5.74) is 3.80. The third kappa shape index (κ3) is 3.35. The van der Waals surface area contributed by atoms with Crippen molar-refractivity contribution in [2.24, 2.45) is 0 Å². The SMILES string of the molecule is Cc1ccc2nc(-c3ccc(N4C(=O)CC(N5CCOCC5)C4=O)cc3)sc2c1. The first-order chi connectivity index (χ1) is 14.1. The number of benzene rings is 2. The van der Waals surface area contributed by atoms with E-state index in [9.17, 15) is 9.59 Å². The van der Waals surface area contributed by atoms with Gasteiger partial charge in [-0.2, -0.15) is 0 Å². The Morgan fingerprint density at radius 2 is 1.83 bits per heavy atom. The fraction of sp³-hybridized carbons (Fsp3) is 0.318. The maximum atomic E-state index is 12.9. The molecule has 148 valence electrons. The molecule has 1 aromatic heterocycles. The molecule has 2 aliphatic heterocycles. The molecule has 0 bridgehead atoms. The number of imide groups is 1. The number of thiazole rings is 1. The van der Waals surface area contributed by atoms with Crippen molar-refractivity contribution in [1.29, 1.82) is 0 Å². The van der Waals surface area contributed by atoms with E-state index in [1.54, 1.807) is 11.3 Å². The van der Waals surface area contributed by atoms with Gasteiger partial charge >= 0.3 is 0 Å². The Morgan fingerprint density at radius 3 is 2.59 bits per heavy atom. The summed E-state index contributed by atoms with van der Waals surface area (Å²) >= 11 is 1.65. The summed E-state index contributed by atoms with van der Waals surface area (Å²) in [5, 5.41) is 0.933. The Kier molecular flexibility index (Phi) is 4.66. The lowest BCUT2D eigenvalue weighted by atomic mass is 10.2. The number of ether oxygens (including phenoxy) is 1. The van der Waals surface area contributed by atoms with Crippen molar-refractivity contribution in [3.05, 3.63) is 48.0 Å². The van der Waals surface area contributed by atoms with Gasteiger partial charge in [0.05, 0.1) is 41.6 Å². The second-order valence-electron chi connectivity index (χ2n) is 7.47. The van der Waals surface area contributed by atoms with E-state index in [1.807, 2.05) is 30.3 Å². The Morgan fingerprint density at radius 1 is 1.07 bits per heavy atom. The van der Waals surface area contributed by atoms with Crippen LogP contribution in [0.4, 0.5) is 5.69 Å². The van der Waals surface area contributed by atoms with E-state index in [-0.39, 0.29) is 24.3 Å². The van der Waals surface area contributed by atoms with Crippen molar-refractivity contribution in [3.8, 4) is 10.6 Å². The molecule has 0 saturated carbocycles. The van der Waals surface area contributed by atoms with Gasteiger partial charge in [-0.25, -0.2) is 9.88 Å². The predicted octanol–water partition coefficient (Wildman–Crippen LogP) is 3.24. The number of aromatic nitrogens is 1. The van der Waals surface area contributed by atoms with Crippen LogP contribution in [-0.4, -0.2) is 54.0 Å². The lowest BCUT2D eigenvalue weighted by Crippen LogP contribution is -2.47. The summed E-state index contributed by atoms with van der Waals surface area (Å²) in [4.78, 5) is 33.6. The first-order valence-electron chi connectivity index (χ1n) is 9.76. The van der Waals surface area contributed by atoms with Gasteiger partial charge in [-0.1, -0.05) is 6.07 Å². The number of rotatable bonds is 3. The highest BCUT2D eigenvalue weighted by Crippen LogP contribution is 2.33. The van der Waals surface area contributed by atoms with E-state index in [2.05, 4.69) is 24.0 Å². The number of hydrogen-bond donors (Lipinski definition) is 0. The van der Waals surface area contributed by atoms with Crippen LogP contribution in [0.25, 0.3) is 20.8 Å². The minimum absolute atomic E-state index is 0.139. The third-order valence-electron chi connectivity index (χ3n) is 5.53. The van der Waals surface area contributed by atoms with Gasteiger partial charge in [0.25, 0.3) is 5.91 Å². The molecule has 2 fully saturated rings. The van der Waals surface area contributed by atoms with E-state index >= 15 is 0 Å². The number of hydrogen-bond acceptors (Lipinski definition) is 6. The summed E-state index contributed by atoms with van der Waals surface area (Å²) in [6.07, 6.45) is 0.234. The highest BCUT2D eigenvalue weighted by Gasteiger charge is 2.42. The highest BCUT2D eigenvalue weighted by atomic mass is 32.1. The molecule has 0 N–H and O–H groups in total. The quantitative estimate of drug-likeness (QED) is 0.624. The Labute approximate surface area is 172 Å². The number of carbonyl (C=O) groups is 2. The number of morpholine rings is 1. The van der Waals surface area contributed by atoms with E-state index in [4.69, 9.17) is 9.72 Å². The number of anilines is 1. The first-order valence-corrected chi connectivity index (χ1v) is 10.6. The molecule has 3 heterocycles. The van der Waals surface area contributed by atoms with E-state index in [0.717, 1.165) is 20.8 Å². The van der Waals surface area contributed by atoms with E-state index in [1.165, 1.54) is 10.5 Å². The Bertz CT molecular complexity index is 1090. The van der Waals surface area contributed by atoms with Gasteiger partial charge in [0, 0.05) is 18.7 Å². The fourth-order valence-corrected chi connectivity index (χ4v) is 5.04. The standard InChI is InChI=1S/C22H21N3O3S/c1-14-2-7-17-19(12-14)29-21(23-17)15-3-5-16(6-4-15)25-20(26)13-18(22(25)27)24-8-10-28-11-9-24/h2-7,12,18H,8-11,13H2,1H3. The number of nitrogens with zero attached hydrogens (tertiary/aromatic N) is 3. The smallest absolute Gasteiger partial charge is 0.251 e. The summed E-state index contributed by atoms with van der Waals surface area (Å²) in [5.74, 6) is -0.283. The van der Waals surface area contributed by atoms with Crippen LogP contribution in [0.1, 0.15) is 12.0 Å². The van der Waals surface area contributed by atoms with Gasteiger partial charge in [-0.15, -0.1) is 11.3 Å². The zero-order valence-electron chi connectivity index (χ0n) is 16.1. The number of carbonyl (C=O) groups excluding carboxylic acids is 2. The van der Waals surface area contributed by atoms with Crippen molar-refractivity contribution >= 4 is 39.1 Å². The first kappa shape index (κ1) is 18.4. The maximum absolute atomic E-state index is 12.9. The average molecular weight is 407 g/mol. The average Bonchev–Trinajstić information content (AvgIpc) is 3.29. The van der Waals surface area contributed by atoms with Crippen LogP contribution in [0.15, 0.2) is 42.5 Å². The van der Waals surface area contributed by atoms with Crippen LogP contribution in [-0.2, 0) is 14.3 Å². The Hall–Kier alpha value is -2.61. The van der Waals surface area contributed by atoms with Crippen LogP contribution in [0.2, 0.25) is 0 Å². The number of aryl methyl sites for hydroxylation is 1. The van der Waals surface area contributed by atoms with Crippen LogP contribution in [0, 0.1) is 6.92 Å². The molecule has 2 aromatic carbocycles. The van der Waals surface area contributed by atoms with Gasteiger partial charge in [0.1, 0.15) is 5.01 Å². The highest BCUT2D eigenvalue weighted by molar-refractivity contribution is 7.21. The minimum atomic E-state index is -0.376. The van der Waals surface area contributed by atoms with Gasteiger partial charge < -0.3 is 4.74 Å². The molecule has 7 heteroatoms. The minimum Gasteiger partial charge on any atom is -0.379 e. The molecule has 2 saturated heterocycles. The van der Waals surface area contributed by atoms with Gasteiger partial charge in [-0.05, 0) is 48.9 Å². The van der Waals surface area contributed by atoms with Gasteiger partial charge in [0.15, 0.2) is 0 Å². The molecule has 2 aliphatic rings. The molecule has 1 unspecified atom stereocenters. The maximum Gasteiger partial charge on any atom is 0.251 e. The largest absolute Gasteiger partial charge is 0.379 e. The second-order valence-corrected chi connectivity index (χ2v) is 8.50. The topological polar surface area (TPSA) is 62.7 Å². The third-order valence-corrected chi connectivity index (χ3v) is 6.59. The monoisotopic (exact) mass is 407 g/mol. The molecular formula is C22H21N3O3S. The van der Waals surface area contributed by atoms with Crippen molar-refractivity contribution < 1.29 is 14.3 Å². The molecular weight excluding hydrogens is 386 g/mol. The molecule has 0 aliphatic carbocycles. The van der Waals surface area contributed by atoms with Crippen molar-refractivity contribution in [1.82, 2.24) is 9.88 Å². The zero-order chi connectivity index (χ0) is 20.0. The van der Waals surface area contributed by atoms with Crippen LogP contribution < -0.4 is 4.90 Å². The van der Waals surface area contributed by atoms with Crippen molar-refractivity contribution in [2.45, 2.75) is 19.4 Å². The van der Waals surface area contributed by atoms with Crippen LogP contribution in [0.5, 0.6) is 0 Å². The van der Waals surface area contributed by atoms with Crippen LogP contribution in [0.3, 0.4) is 0 Å². The van der Waals surface area contributed by atoms with Gasteiger partial charge in [-0.3, -0.25) is 14.5 Å². The summed E-state index contributed by atoms with van der Waals surface area (Å²) in [6, 6.07) is 13.4. The summed E-state index contributed by atoms with van der Waals surface area (Å²) in [6.45, 7) is 4.66. The molecule has 0 spiro atoms. The normalized spacial score (nSPS) is 20.7. The fourth-order valence-electron chi connectivity index (χ4n) is 3.97. The molecule has 2 amide bonds. The Balaban J connectivity index is 1.39. The van der Waals surface area contributed by atoms with E-state index < -0.39 is 0 Å². The summed E-state index contributed by atoms with van der Waals surface area (Å²) in [7, 11) is 0. The van der Waals surface area contributed by atoms with Gasteiger partial charge in [0.2, 0.25) is 5.91 Å². The zero-order valence-corrected chi connectivity index (χ0v) is 16.9. The number of fused-ring (bicyclic) bond motifs is 1. The molecule has 3 aromatic rings. The molecule has 29 heavy (non-hydrogen) atoms. The van der Waals surface area contributed by atoms with Crippen molar-refractivity contribution in [3.63, 3.8) is 0 Å². The summed E-state index contributed by atoms with van der Waals surface area (Å²) < 4.78 is 6.51. The number of amides is 2. The molecule has 6 nitrogen and oxygen atoms in total. The predicted molar refractivity (Wildman–Crippen MR) is 113 cm³/mol. The van der Waals surface area contributed by atoms with Crippen LogP contribution >= 0.6 is 11.3 Å². The molecule has 0 radical (unpaired) electrons. The van der Waals surface area contributed by atoms with Crippen molar-refractivity contribution in [2.75, 3.05) is 31.2 Å². The lowest BCUT2D eigenvalue weighted by molar-refractivity contribution is -0.123. The van der Waals surface area contributed by atoms with E-state index in [0.29, 0.717) is 32.0 Å². The molecule has 5 rings (SSSR count). The second kappa shape index (κ2) is 7.33. The molecule has 1 atom stereocenters. The lowest BCUT2D eigenvalue weighted by Gasteiger charge is -2.30.